The molecule has 0 saturated heterocycles. The minimum absolute atomic E-state index is 0.257. The summed E-state index contributed by atoms with van der Waals surface area (Å²) in [4.78, 5) is 0.796. The van der Waals surface area contributed by atoms with Crippen LogP contribution in [0.3, 0.4) is 0 Å². The van der Waals surface area contributed by atoms with Crippen molar-refractivity contribution in [3.05, 3.63) is 22.4 Å². The molecule has 0 aliphatic carbocycles. The summed E-state index contributed by atoms with van der Waals surface area (Å²) in [5.74, 6) is 0.427. The Morgan fingerprint density at radius 1 is 1.50 bits per heavy atom. The highest BCUT2D eigenvalue weighted by Crippen LogP contribution is 2.35. The van der Waals surface area contributed by atoms with Crippen LogP contribution < -0.4 is 4.74 Å². The van der Waals surface area contributed by atoms with Crippen LogP contribution in [-0.2, 0) is 0 Å². The quantitative estimate of drug-likeness (QED) is 0.745. The standard InChI is InChI=1S/C8H8BrFOS/c1-11-8-6(9)3-5(10)4-7(8)12-2/h3-4H,1-2H3. The zero-order valence-electron chi connectivity index (χ0n) is 6.73. The van der Waals surface area contributed by atoms with Crippen LogP contribution in [0.1, 0.15) is 0 Å². The molecule has 0 unspecified atom stereocenters. The van der Waals surface area contributed by atoms with E-state index in [4.69, 9.17) is 4.74 Å². The van der Waals surface area contributed by atoms with E-state index in [-0.39, 0.29) is 5.82 Å². The molecule has 0 aliphatic heterocycles. The summed E-state index contributed by atoms with van der Waals surface area (Å²) in [6, 6.07) is 2.84. The number of thioether (sulfide) groups is 1. The molecule has 66 valence electrons. The van der Waals surface area contributed by atoms with Crippen LogP contribution in [0.5, 0.6) is 5.75 Å². The molecule has 0 aromatic heterocycles. The maximum absolute atomic E-state index is 12.8. The minimum atomic E-state index is -0.257. The number of rotatable bonds is 2. The van der Waals surface area contributed by atoms with Crippen molar-refractivity contribution in [3.63, 3.8) is 0 Å². The summed E-state index contributed by atoms with van der Waals surface area (Å²) in [7, 11) is 1.57. The van der Waals surface area contributed by atoms with Crippen LogP contribution >= 0.6 is 27.7 Å². The Balaban J connectivity index is 3.24. The molecular formula is C8H8BrFOS. The molecule has 0 aliphatic rings. The van der Waals surface area contributed by atoms with Gasteiger partial charge in [0, 0.05) is 0 Å². The van der Waals surface area contributed by atoms with E-state index in [2.05, 4.69) is 15.9 Å². The number of ether oxygens (including phenoxy) is 1. The first-order chi connectivity index (χ1) is 5.69. The molecule has 12 heavy (non-hydrogen) atoms. The summed E-state index contributed by atoms with van der Waals surface area (Å²) in [5, 5.41) is 0. The molecular weight excluding hydrogens is 243 g/mol. The number of benzene rings is 1. The minimum Gasteiger partial charge on any atom is -0.494 e. The van der Waals surface area contributed by atoms with Crippen LogP contribution in [0.4, 0.5) is 4.39 Å². The zero-order chi connectivity index (χ0) is 9.14. The number of methoxy groups -OCH3 is 1. The van der Waals surface area contributed by atoms with Crippen molar-refractivity contribution in [2.45, 2.75) is 4.90 Å². The highest BCUT2D eigenvalue weighted by atomic mass is 79.9. The second-order valence-corrected chi connectivity index (χ2v) is 3.83. The summed E-state index contributed by atoms with van der Waals surface area (Å²) >= 11 is 4.67. The third kappa shape index (κ3) is 1.93. The highest BCUT2D eigenvalue weighted by molar-refractivity contribution is 9.10. The highest BCUT2D eigenvalue weighted by Gasteiger charge is 2.08. The van der Waals surface area contributed by atoms with Crippen molar-refractivity contribution in [1.82, 2.24) is 0 Å². The average molecular weight is 251 g/mol. The van der Waals surface area contributed by atoms with E-state index in [1.165, 1.54) is 23.9 Å². The van der Waals surface area contributed by atoms with E-state index in [9.17, 15) is 4.39 Å². The zero-order valence-corrected chi connectivity index (χ0v) is 9.13. The largest absolute Gasteiger partial charge is 0.494 e. The molecule has 0 bridgehead atoms. The van der Waals surface area contributed by atoms with Gasteiger partial charge < -0.3 is 4.74 Å². The van der Waals surface area contributed by atoms with E-state index < -0.39 is 0 Å². The molecule has 4 heteroatoms. The molecule has 0 fully saturated rings. The van der Waals surface area contributed by atoms with Gasteiger partial charge in [-0.2, -0.15) is 0 Å². The summed E-state index contributed by atoms with van der Waals surface area (Å²) in [5.41, 5.74) is 0. The lowest BCUT2D eigenvalue weighted by Crippen LogP contribution is -1.88. The van der Waals surface area contributed by atoms with Crippen LogP contribution in [0.15, 0.2) is 21.5 Å². The van der Waals surface area contributed by atoms with Gasteiger partial charge in [0.1, 0.15) is 11.6 Å². The molecule has 1 aromatic carbocycles. The molecule has 0 spiro atoms. The van der Waals surface area contributed by atoms with Gasteiger partial charge in [0.25, 0.3) is 0 Å². The normalized spacial score (nSPS) is 10.0. The van der Waals surface area contributed by atoms with E-state index in [0.717, 1.165) is 4.90 Å². The molecule has 0 radical (unpaired) electrons. The van der Waals surface area contributed by atoms with Crippen molar-refractivity contribution in [2.24, 2.45) is 0 Å². The Morgan fingerprint density at radius 3 is 2.67 bits per heavy atom. The van der Waals surface area contributed by atoms with Gasteiger partial charge in [0.15, 0.2) is 0 Å². The lowest BCUT2D eigenvalue weighted by molar-refractivity contribution is 0.400. The fourth-order valence-electron chi connectivity index (χ4n) is 0.886. The molecule has 0 N–H and O–H groups in total. The first kappa shape index (κ1) is 9.86. The van der Waals surface area contributed by atoms with Crippen LogP contribution in [0.2, 0.25) is 0 Å². The molecule has 0 atom stereocenters. The fourth-order valence-corrected chi connectivity index (χ4v) is 2.22. The van der Waals surface area contributed by atoms with E-state index in [1.807, 2.05) is 6.26 Å². The number of halogens is 2. The van der Waals surface area contributed by atoms with Crippen LogP contribution in [0, 0.1) is 5.82 Å². The predicted molar refractivity (Wildman–Crippen MR) is 52.4 cm³/mol. The van der Waals surface area contributed by atoms with Crippen molar-refractivity contribution < 1.29 is 9.13 Å². The van der Waals surface area contributed by atoms with E-state index in [1.54, 1.807) is 7.11 Å². The van der Waals surface area contributed by atoms with Gasteiger partial charge in [0.05, 0.1) is 16.5 Å². The van der Waals surface area contributed by atoms with E-state index >= 15 is 0 Å². The predicted octanol–water partition coefficient (Wildman–Crippen LogP) is 3.32. The van der Waals surface area contributed by atoms with Crippen molar-refractivity contribution >= 4 is 27.7 Å². The summed E-state index contributed by atoms with van der Waals surface area (Å²) < 4.78 is 18.6. The van der Waals surface area contributed by atoms with Gasteiger partial charge in [-0.05, 0) is 34.3 Å². The number of hydrogen-bond acceptors (Lipinski definition) is 2. The van der Waals surface area contributed by atoms with Crippen LogP contribution in [0.25, 0.3) is 0 Å². The third-order valence-electron chi connectivity index (χ3n) is 1.40. The Kier molecular flexibility index (Phi) is 3.40. The van der Waals surface area contributed by atoms with Gasteiger partial charge in [-0.25, -0.2) is 4.39 Å². The second kappa shape index (κ2) is 4.14. The molecule has 0 amide bonds. The first-order valence-electron chi connectivity index (χ1n) is 3.26. The SMILES string of the molecule is COc1c(Br)cc(F)cc1SC. The maximum atomic E-state index is 12.8. The van der Waals surface area contributed by atoms with Crippen molar-refractivity contribution in [1.29, 1.82) is 0 Å². The fraction of sp³-hybridized carbons (Fsp3) is 0.250. The Morgan fingerprint density at radius 2 is 2.17 bits per heavy atom. The lowest BCUT2D eigenvalue weighted by Gasteiger charge is -2.07. The first-order valence-corrected chi connectivity index (χ1v) is 5.28. The second-order valence-electron chi connectivity index (χ2n) is 2.12. The topological polar surface area (TPSA) is 9.23 Å². The lowest BCUT2D eigenvalue weighted by atomic mass is 10.3. The molecule has 0 saturated carbocycles. The molecule has 0 heterocycles. The van der Waals surface area contributed by atoms with Crippen LogP contribution in [-0.4, -0.2) is 13.4 Å². The number of hydrogen-bond donors (Lipinski definition) is 0. The monoisotopic (exact) mass is 250 g/mol. The third-order valence-corrected chi connectivity index (χ3v) is 2.73. The Bertz CT molecular complexity index is 291. The van der Waals surface area contributed by atoms with Gasteiger partial charge in [0.2, 0.25) is 0 Å². The van der Waals surface area contributed by atoms with Gasteiger partial charge in [-0.15, -0.1) is 11.8 Å². The van der Waals surface area contributed by atoms with E-state index in [0.29, 0.717) is 10.2 Å². The molecule has 1 nitrogen and oxygen atoms in total. The summed E-state index contributed by atoms with van der Waals surface area (Å²) in [6.45, 7) is 0. The average Bonchev–Trinajstić information content (AvgIpc) is 2.03. The molecule has 1 rings (SSSR count). The summed E-state index contributed by atoms with van der Waals surface area (Å²) in [6.07, 6.45) is 1.88. The van der Waals surface area contributed by atoms with Crippen molar-refractivity contribution in [2.75, 3.05) is 13.4 Å². The smallest absolute Gasteiger partial charge is 0.146 e. The van der Waals surface area contributed by atoms with Crippen molar-refractivity contribution in [3.8, 4) is 5.75 Å². The van der Waals surface area contributed by atoms with Gasteiger partial charge >= 0.3 is 0 Å². The maximum Gasteiger partial charge on any atom is 0.146 e. The Labute approximate surface area is 83.4 Å². The Hall–Kier alpha value is -0.220. The van der Waals surface area contributed by atoms with Gasteiger partial charge in [-0.1, -0.05) is 0 Å². The van der Waals surface area contributed by atoms with Gasteiger partial charge in [-0.3, -0.25) is 0 Å². The molecule has 1 aromatic rings.